The van der Waals surface area contributed by atoms with Crippen molar-refractivity contribution in [1.29, 1.82) is 0 Å². The number of amides is 2. The topological polar surface area (TPSA) is 113 Å². The number of ether oxygens (including phenoxy) is 1. The first kappa shape index (κ1) is 27.5. The maximum Gasteiger partial charge on any atom is 0.307 e. The first-order valence-electron chi connectivity index (χ1n) is 12.4. The fourth-order valence-electron chi connectivity index (χ4n) is 4.12. The van der Waals surface area contributed by atoms with Gasteiger partial charge in [0.1, 0.15) is 5.70 Å². The fraction of sp³-hybridized carbons (Fsp3) is 0.333. The lowest BCUT2D eigenvalue weighted by molar-refractivity contribution is -0.117. The van der Waals surface area contributed by atoms with E-state index in [1.165, 1.54) is 30.3 Å². The van der Waals surface area contributed by atoms with Crippen LogP contribution in [0.2, 0.25) is 0 Å². The predicted octanol–water partition coefficient (Wildman–Crippen LogP) is 1.82. The van der Waals surface area contributed by atoms with E-state index >= 15 is 0 Å². The third-order valence-corrected chi connectivity index (χ3v) is 8.06. The van der Waals surface area contributed by atoms with Crippen molar-refractivity contribution < 1.29 is 22.7 Å². The minimum absolute atomic E-state index is 0.0164. The van der Waals surface area contributed by atoms with Crippen molar-refractivity contribution in [3.63, 3.8) is 0 Å². The lowest BCUT2D eigenvalue weighted by Gasteiger charge is -2.26. The van der Waals surface area contributed by atoms with Gasteiger partial charge in [0, 0.05) is 63.0 Å². The van der Waals surface area contributed by atoms with Crippen molar-refractivity contribution >= 4 is 39.0 Å². The van der Waals surface area contributed by atoms with E-state index in [0.29, 0.717) is 48.3 Å². The number of para-hydroxylation sites is 1. The number of rotatable bonds is 9. The Morgan fingerprint density at radius 1 is 1.05 bits per heavy atom. The van der Waals surface area contributed by atoms with Crippen LogP contribution < -0.4 is 10.6 Å². The van der Waals surface area contributed by atoms with Crippen molar-refractivity contribution in [3.05, 3.63) is 77.1 Å². The van der Waals surface area contributed by atoms with Gasteiger partial charge < -0.3 is 15.4 Å². The van der Waals surface area contributed by atoms with Crippen LogP contribution in [0.4, 0.5) is 0 Å². The zero-order valence-corrected chi connectivity index (χ0v) is 22.6. The molecule has 0 unspecified atom stereocenters. The van der Waals surface area contributed by atoms with Crippen LogP contribution in [0.3, 0.4) is 0 Å². The molecule has 2 heterocycles. The van der Waals surface area contributed by atoms with E-state index in [1.54, 1.807) is 36.4 Å². The number of fused-ring (bicyclic) bond motifs is 1. The molecule has 38 heavy (non-hydrogen) atoms. The van der Waals surface area contributed by atoms with Crippen molar-refractivity contribution in [1.82, 2.24) is 23.8 Å². The van der Waals surface area contributed by atoms with E-state index in [-0.39, 0.29) is 5.70 Å². The molecule has 202 valence electrons. The number of aryl methyl sites for hydroxylation is 1. The summed E-state index contributed by atoms with van der Waals surface area (Å²) in [4.78, 5) is 28.5. The summed E-state index contributed by atoms with van der Waals surface area (Å²) in [7, 11) is -0.912. The number of carbonyl (C=O) groups excluding carboxylic acids is 2. The van der Waals surface area contributed by atoms with Gasteiger partial charge in [0.15, 0.2) is 0 Å². The van der Waals surface area contributed by atoms with Gasteiger partial charge in [-0.15, -0.1) is 0 Å². The molecule has 1 aliphatic rings. The molecule has 1 aliphatic heterocycles. The maximum atomic E-state index is 13.3. The number of carbonyl (C=O) groups is 2. The summed E-state index contributed by atoms with van der Waals surface area (Å²) < 4.78 is 33.6. The van der Waals surface area contributed by atoms with E-state index in [0.717, 1.165) is 23.0 Å². The van der Waals surface area contributed by atoms with Gasteiger partial charge in [0.05, 0.1) is 18.7 Å². The number of benzene rings is 2. The molecular weight excluding hydrogens is 506 g/mol. The smallest absolute Gasteiger partial charge is 0.307 e. The summed E-state index contributed by atoms with van der Waals surface area (Å²) >= 11 is 0. The van der Waals surface area contributed by atoms with E-state index in [9.17, 15) is 18.0 Å². The summed E-state index contributed by atoms with van der Waals surface area (Å²) in [5, 5.41) is 6.24. The van der Waals surface area contributed by atoms with Crippen molar-refractivity contribution in [2.75, 3.05) is 53.5 Å². The van der Waals surface area contributed by atoms with Crippen molar-refractivity contribution in [3.8, 4) is 0 Å². The number of hydrogen-bond acceptors (Lipinski definition) is 6. The Bertz CT molecular complexity index is 1440. The van der Waals surface area contributed by atoms with Gasteiger partial charge in [-0.3, -0.25) is 14.5 Å². The third kappa shape index (κ3) is 6.30. The first-order chi connectivity index (χ1) is 18.2. The molecule has 10 nitrogen and oxygen atoms in total. The van der Waals surface area contributed by atoms with E-state index in [4.69, 9.17) is 4.74 Å². The van der Waals surface area contributed by atoms with Crippen molar-refractivity contribution in [2.24, 2.45) is 0 Å². The second-order valence-corrected chi connectivity index (χ2v) is 11.3. The quantitative estimate of drug-likeness (QED) is 0.401. The van der Waals surface area contributed by atoms with Crippen LogP contribution in [-0.2, 0) is 19.7 Å². The molecule has 4 rings (SSSR count). The van der Waals surface area contributed by atoms with Crippen LogP contribution in [0.5, 0.6) is 0 Å². The van der Waals surface area contributed by atoms with Gasteiger partial charge in [-0.1, -0.05) is 35.9 Å². The van der Waals surface area contributed by atoms with Gasteiger partial charge in [-0.25, -0.2) is 3.97 Å². The molecule has 0 saturated carbocycles. The SMILES string of the molecule is Cc1ccc(C(=O)N/C(=C\c2cn(S(=O)(=O)N(C)C)c3ccccc23)C(=O)NCCN2CCOCC2)cc1. The van der Waals surface area contributed by atoms with E-state index in [2.05, 4.69) is 15.5 Å². The molecule has 2 aromatic carbocycles. The molecule has 0 aliphatic carbocycles. The van der Waals surface area contributed by atoms with Gasteiger partial charge in [-0.2, -0.15) is 12.7 Å². The monoisotopic (exact) mass is 539 g/mol. The molecule has 1 fully saturated rings. The Morgan fingerprint density at radius 2 is 1.74 bits per heavy atom. The summed E-state index contributed by atoms with van der Waals surface area (Å²) in [5.74, 6) is -0.907. The number of morpholine rings is 1. The molecule has 0 spiro atoms. The number of nitrogens with one attached hydrogen (secondary N) is 2. The zero-order chi connectivity index (χ0) is 27.3. The summed E-state index contributed by atoms with van der Waals surface area (Å²) in [6.45, 7) is 5.86. The highest BCUT2D eigenvalue weighted by molar-refractivity contribution is 7.87. The standard InChI is InChI=1S/C27H33N5O5S/c1-20-8-10-21(11-9-20)26(33)29-24(27(34)28-12-13-31-14-16-37-17-15-31)18-22-19-32(38(35,36)30(2)3)25-7-5-4-6-23(22)25/h4-11,18-19H,12-17H2,1-3H3,(H,28,34)(H,29,33)/b24-18-. The minimum Gasteiger partial charge on any atom is -0.379 e. The summed E-state index contributed by atoms with van der Waals surface area (Å²) in [6.07, 6.45) is 2.97. The molecule has 11 heteroatoms. The van der Waals surface area contributed by atoms with Crippen LogP contribution in [0.1, 0.15) is 21.5 Å². The first-order valence-corrected chi connectivity index (χ1v) is 13.8. The van der Waals surface area contributed by atoms with Gasteiger partial charge in [0.25, 0.3) is 11.8 Å². The van der Waals surface area contributed by atoms with Crippen LogP contribution in [0.25, 0.3) is 17.0 Å². The molecule has 1 aromatic heterocycles. The van der Waals surface area contributed by atoms with Crippen LogP contribution in [-0.4, -0.2) is 86.9 Å². The second kappa shape index (κ2) is 11.9. The predicted molar refractivity (Wildman–Crippen MR) is 147 cm³/mol. The van der Waals surface area contributed by atoms with E-state index < -0.39 is 22.0 Å². The molecule has 2 N–H and O–H groups in total. The highest BCUT2D eigenvalue weighted by atomic mass is 32.2. The van der Waals surface area contributed by atoms with Gasteiger partial charge >= 0.3 is 10.2 Å². The average Bonchev–Trinajstić information content (AvgIpc) is 3.28. The van der Waals surface area contributed by atoms with Gasteiger partial charge in [-0.05, 0) is 31.2 Å². The lowest BCUT2D eigenvalue weighted by atomic mass is 10.1. The van der Waals surface area contributed by atoms with Crippen LogP contribution in [0, 0.1) is 6.92 Å². The van der Waals surface area contributed by atoms with Crippen molar-refractivity contribution in [2.45, 2.75) is 6.92 Å². The Hall–Kier alpha value is -3.51. The maximum absolute atomic E-state index is 13.3. The second-order valence-electron chi connectivity index (χ2n) is 9.28. The molecule has 0 radical (unpaired) electrons. The Labute approximate surface area is 223 Å². The number of aromatic nitrogens is 1. The Morgan fingerprint density at radius 3 is 2.42 bits per heavy atom. The van der Waals surface area contributed by atoms with Crippen LogP contribution >= 0.6 is 0 Å². The molecule has 1 saturated heterocycles. The Balaban J connectivity index is 1.67. The molecule has 2 amide bonds. The lowest BCUT2D eigenvalue weighted by Crippen LogP contribution is -2.42. The van der Waals surface area contributed by atoms with Gasteiger partial charge in [0.2, 0.25) is 0 Å². The highest BCUT2D eigenvalue weighted by Crippen LogP contribution is 2.25. The minimum atomic E-state index is -3.82. The van der Waals surface area contributed by atoms with E-state index in [1.807, 2.05) is 19.1 Å². The normalized spacial score (nSPS) is 15.1. The Kier molecular flexibility index (Phi) is 8.62. The molecule has 0 bridgehead atoms. The zero-order valence-electron chi connectivity index (χ0n) is 21.8. The van der Waals surface area contributed by atoms with Crippen LogP contribution in [0.15, 0.2) is 60.4 Å². The molecular formula is C27H33N5O5S. The highest BCUT2D eigenvalue weighted by Gasteiger charge is 2.22. The fourth-order valence-corrected chi connectivity index (χ4v) is 5.12. The molecule has 3 aromatic rings. The summed E-state index contributed by atoms with van der Waals surface area (Å²) in [5.41, 5.74) is 2.37. The average molecular weight is 540 g/mol. The summed E-state index contributed by atoms with van der Waals surface area (Å²) in [6, 6.07) is 14.0. The molecule has 0 atom stereocenters. The number of hydrogen-bond donors (Lipinski definition) is 2. The number of nitrogens with zero attached hydrogens (tertiary/aromatic N) is 3. The third-order valence-electron chi connectivity index (χ3n) is 6.34. The largest absolute Gasteiger partial charge is 0.379 e.